The Morgan fingerprint density at radius 3 is 3.00 bits per heavy atom. The van der Waals surface area contributed by atoms with Crippen LogP contribution in [-0.4, -0.2) is 27.5 Å². The van der Waals surface area contributed by atoms with Gasteiger partial charge in [0.1, 0.15) is 5.02 Å². The lowest BCUT2D eigenvalue weighted by Gasteiger charge is -2.15. The molecule has 0 aliphatic rings. The van der Waals surface area contributed by atoms with Gasteiger partial charge >= 0.3 is 0 Å². The molecule has 0 amide bonds. The zero-order valence-corrected chi connectivity index (χ0v) is 10.9. The summed E-state index contributed by atoms with van der Waals surface area (Å²) in [4.78, 5) is 8.04. The molecule has 0 aliphatic carbocycles. The third-order valence-electron chi connectivity index (χ3n) is 1.83. The van der Waals surface area contributed by atoms with E-state index in [9.17, 15) is 0 Å². The Kier molecular flexibility index (Phi) is 5.65. The van der Waals surface area contributed by atoms with Crippen molar-refractivity contribution in [3.05, 3.63) is 11.2 Å². The average molecular weight is 262 g/mol. The van der Waals surface area contributed by atoms with Crippen LogP contribution in [0.2, 0.25) is 5.02 Å². The highest BCUT2D eigenvalue weighted by Crippen LogP contribution is 2.20. The number of nitrogens with zero attached hydrogens (tertiary/aromatic N) is 2. The van der Waals surface area contributed by atoms with Crippen LogP contribution in [0, 0.1) is 0 Å². The summed E-state index contributed by atoms with van der Waals surface area (Å²) in [7, 11) is 0. The lowest BCUT2D eigenvalue weighted by atomic mass is 10.4. The molecule has 0 saturated heterocycles. The zero-order valence-electron chi connectivity index (χ0n) is 9.33. The first kappa shape index (κ1) is 13.3. The molecule has 0 aliphatic heterocycles. The summed E-state index contributed by atoms with van der Waals surface area (Å²) in [5, 5.41) is 3.71. The highest BCUT2D eigenvalue weighted by atomic mass is 35.5. The molecule has 1 rings (SSSR count). The fourth-order valence-corrected chi connectivity index (χ4v) is 1.93. The largest absolute Gasteiger partial charge is 0.365 e. The van der Waals surface area contributed by atoms with E-state index in [1.807, 2.05) is 11.8 Å². The number of nitrogens with one attached hydrogen (secondary N) is 2. The van der Waals surface area contributed by atoms with E-state index in [-0.39, 0.29) is 0 Å². The van der Waals surface area contributed by atoms with Gasteiger partial charge in [-0.2, -0.15) is 16.7 Å². The molecule has 1 aromatic heterocycles. The number of nitrogens with two attached hydrogens (primary N) is 1. The standard InChI is InChI=1S/C9H16ClN5S/c1-3-16-5-6(2)13-8-7(10)4-12-9(14-8)15-11/h4,6H,3,5,11H2,1-2H3,(H2,12,13,14,15). The summed E-state index contributed by atoms with van der Waals surface area (Å²) in [6.45, 7) is 4.21. The second-order valence-corrected chi connectivity index (χ2v) is 4.97. The third-order valence-corrected chi connectivity index (χ3v) is 3.25. The Bertz CT molecular complexity index is 336. The maximum absolute atomic E-state index is 5.97. The second-order valence-electron chi connectivity index (χ2n) is 3.24. The fourth-order valence-electron chi connectivity index (χ4n) is 1.11. The minimum atomic E-state index is 0.294. The highest BCUT2D eigenvalue weighted by molar-refractivity contribution is 7.99. The van der Waals surface area contributed by atoms with Gasteiger partial charge in [0.15, 0.2) is 5.82 Å². The van der Waals surface area contributed by atoms with E-state index in [2.05, 4.69) is 34.6 Å². The topological polar surface area (TPSA) is 75.9 Å². The lowest BCUT2D eigenvalue weighted by Crippen LogP contribution is -2.20. The Morgan fingerprint density at radius 2 is 2.38 bits per heavy atom. The van der Waals surface area contributed by atoms with Gasteiger partial charge in [-0.3, -0.25) is 5.43 Å². The summed E-state index contributed by atoms with van der Waals surface area (Å²) in [6.07, 6.45) is 1.52. The van der Waals surface area contributed by atoms with Crippen LogP contribution in [0.15, 0.2) is 6.20 Å². The van der Waals surface area contributed by atoms with Gasteiger partial charge in [-0.25, -0.2) is 10.8 Å². The molecule has 4 N–H and O–H groups in total. The molecule has 90 valence electrons. The number of anilines is 2. The maximum atomic E-state index is 5.97. The summed E-state index contributed by atoms with van der Waals surface area (Å²) >= 11 is 7.83. The van der Waals surface area contributed by atoms with E-state index < -0.39 is 0 Å². The normalized spacial score (nSPS) is 12.2. The molecule has 0 bridgehead atoms. The van der Waals surface area contributed by atoms with Crippen molar-refractivity contribution in [3.8, 4) is 0 Å². The number of thioether (sulfide) groups is 1. The number of hydrogen-bond donors (Lipinski definition) is 3. The molecule has 7 heteroatoms. The second kappa shape index (κ2) is 6.78. The van der Waals surface area contributed by atoms with Crippen LogP contribution in [-0.2, 0) is 0 Å². The fraction of sp³-hybridized carbons (Fsp3) is 0.556. The number of hydrogen-bond acceptors (Lipinski definition) is 6. The molecule has 1 aromatic rings. The van der Waals surface area contributed by atoms with Crippen molar-refractivity contribution in [1.82, 2.24) is 9.97 Å². The minimum Gasteiger partial charge on any atom is -0.365 e. The molecule has 1 atom stereocenters. The Morgan fingerprint density at radius 1 is 1.62 bits per heavy atom. The summed E-state index contributed by atoms with van der Waals surface area (Å²) in [5.74, 6) is 8.28. The van der Waals surface area contributed by atoms with Gasteiger partial charge in [0.25, 0.3) is 0 Å². The summed E-state index contributed by atoms with van der Waals surface area (Å²) in [5.41, 5.74) is 2.38. The van der Waals surface area contributed by atoms with Gasteiger partial charge in [0, 0.05) is 11.8 Å². The molecular weight excluding hydrogens is 246 g/mol. The van der Waals surface area contributed by atoms with E-state index in [0.717, 1.165) is 11.5 Å². The van der Waals surface area contributed by atoms with Gasteiger partial charge in [0.2, 0.25) is 5.95 Å². The molecule has 0 fully saturated rings. The van der Waals surface area contributed by atoms with E-state index >= 15 is 0 Å². The van der Waals surface area contributed by atoms with Crippen LogP contribution < -0.4 is 16.6 Å². The summed E-state index contributed by atoms with van der Waals surface area (Å²) < 4.78 is 0. The first-order valence-electron chi connectivity index (χ1n) is 5.00. The zero-order chi connectivity index (χ0) is 12.0. The van der Waals surface area contributed by atoms with Gasteiger partial charge in [-0.1, -0.05) is 18.5 Å². The van der Waals surface area contributed by atoms with Crippen molar-refractivity contribution >= 4 is 35.1 Å². The van der Waals surface area contributed by atoms with Crippen LogP contribution in [0.5, 0.6) is 0 Å². The number of halogens is 1. The van der Waals surface area contributed by atoms with E-state index in [1.54, 1.807) is 0 Å². The van der Waals surface area contributed by atoms with Gasteiger partial charge in [0.05, 0.1) is 6.20 Å². The van der Waals surface area contributed by atoms with Crippen molar-refractivity contribution in [3.63, 3.8) is 0 Å². The van der Waals surface area contributed by atoms with Crippen molar-refractivity contribution in [2.45, 2.75) is 19.9 Å². The SMILES string of the molecule is CCSCC(C)Nc1nc(NN)ncc1Cl. The van der Waals surface area contributed by atoms with Crippen LogP contribution in [0.3, 0.4) is 0 Å². The van der Waals surface area contributed by atoms with Crippen LogP contribution in [0.1, 0.15) is 13.8 Å². The smallest absolute Gasteiger partial charge is 0.239 e. The number of nitrogen functional groups attached to an aromatic ring is 1. The van der Waals surface area contributed by atoms with Gasteiger partial charge in [-0.05, 0) is 12.7 Å². The molecule has 0 saturated carbocycles. The molecule has 0 aromatic carbocycles. The Labute approximate surface area is 105 Å². The third kappa shape index (κ3) is 4.03. The average Bonchev–Trinajstić information content (AvgIpc) is 2.29. The van der Waals surface area contributed by atoms with Crippen molar-refractivity contribution in [2.24, 2.45) is 5.84 Å². The maximum Gasteiger partial charge on any atom is 0.239 e. The molecule has 16 heavy (non-hydrogen) atoms. The first-order valence-corrected chi connectivity index (χ1v) is 6.54. The van der Waals surface area contributed by atoms with Crippen molar-refractivity contribution < 1.29 is 0 Å². The molecule has 1 heterocycles. The Hall–Kier alpha value is -0.720. The van der Waals surface area contributed by atoms with Crippen molar-refractivity contribution in [2.75, 3.05) is 22.2 Å². The minimum absolute atomic E-state index is 0.294. The first-order chi connectivity index (χ1) is 7.67. The van der Waals surface area contributed by atoms with Gasteiger partial charge in [-0.15, -0.1) is 0 Å². The predicted molar refractivity (Wildman–Crippen MR) is 70.9 cm³/mol. The van der Waals surface area contributed by atoms with E-state index in [0.29, 0.717) is 22.8 Å². The van der Waals surface area contributed by atoms with Crippen LogP contribution >= 0.6 is 23.4 Å². The number of aromatic nitrogens is 2. The Balaban J connectivity index is 2.64. The lowest BCUT2D eigenvalue weighted by molar-refractivity contribution is 0.898. The monoisotopic (exact) mass is 261 g/mol. The molecular formula is C9H16ClN5S. The molecule has 1 unspecified atom stereocenters. The highest BCUT2D eigenvalue weighted by Gasteiger charge is 2.08. The van der Waals surface area contributed by atoms with E-state index in [4.69, 9.17) is 17.4 Å². The molecule has 0 spiro atoms. The molecule has 5 nitrogen and oxygen atoms in total. The summed E-state index contributed by atoms with van der Waals surface area (Å²) in [6, 6.07) is 0.294. The quantitative estimate of drug-likeness (QED) is 0.537. The molecule has 0 radical (unpaired) electrons. The van der Waals surface area contributed by atoms with E-state index in [1.165, 1.54) is 6.20 Å². The van der Waals surface area contributed by atoms with Crippen molar-refractivity contribution in [1.29, 1.82) is 0 Å². The number of hydrazine groups is 1. The predicted octanol–water partition coefficient (Wildman–Crippen LogP) is 1.97. The van der Waals surface area contributed by atoms with Gasteiger partial charge < -0.3 is 5.32 Å². The van der Waals surface area contributed by atoms with Crippen LogP contribution in [0.25, 0.3) is 0 Å². The van der Waals surface area contributed by atoms with Crippen LogP contribution in [0.4, 0.5) is 11.8 Å². The number of rotatable bonds is 6.